The van der Waals surface area contributed by atoms with Gasteiger partial charge in [0.1, 0.15) is 5.00 Å². The first kappa shape index (κ1) is 14.8. The average molecular weight is 297 g/mol. The van der Waals surface area contributed by atoms with Gasteiger partial charge < -0.3 is 10.0 Å². The quantitative estimate of drug-likeness (QED) is 0.876. The van der Waals surface area contributed by atoms with Gasteiger partial charge in [-0.3, -0.25) is 10.2 Å². The second kappa shape index (κ2) is 5.80. The van der Waals surface area contributed by atoms with Crippen LogP contribution in [0.15, 0.2) is 11.4 Å². The largest absolute Gasteiger partial charge is 0.478 e. The molecular weight excluding hydrogens is 278 g/mol. The van der Waals surface area contributed by atoms with E-state index in [4.69, 9.17) is 5.11 Å². The number of nitrogens with one attached hydrogen (secondary N) is 1. The summed E-state index contributed by atoms with van der Waals surface area (Å²) >= 11 is 1.22. The minimum Gasteiger partial charge on any atom is -0.478 e. The van der Waals surface area contributed by atoms with Crippen LogP contribution in [0.1, 0.15) is 24.2 Å². The lowest BCUT2D eigenvalue weighted by molar-refractivity contribution is 0.0698. The van der Waals surface area contributed by atoms with E-state index in [2.05, 4.69) is 24.1 Å². The topological polar surface area (TPSA) is 72.9 Å². The van der Waals surface area contributed by atoms with Gasteiger partial charge in [0.25, 0.3) is 0 Å². The maximum atomic E-state index is 12.2. The van der Waals surface area contributed by atoms with E-state index in [1.54, 1.807) is 10.3 Å². The van der Waals surface area contributed by atoms with Crippen LogP contribution in [0.4, 0.5) is 9.80 Å². The maximum absolute atomic E-state index is 12.2. The van der Waals surface area contributed by atoms with E-state index in [0.717, 1.165) is 0 Å². The van der Waals surface area contributed by atoms with Crippen molar-refractivity contribution in [1.82, 2.24) is 9.80 Å². The smallest absolute Gasteiger partial charge is 0.338 e. The summed E-state index contributed by atoms with van der Waals surface area (Å²) in [4.78, 5) is 27.2. The lowest BCUT2D eigenvalue weighted by atomic mass is 10.1. The highest BCUT2D eigenvalue weighted by Gasteiger charge is 2.29. The highest BCUT2D eigenvalue weighted by atomic mass is 32.1. The lowest BCUT2D eigenvalue weighted by Gasteiger charge is -2.42. The number of carboxylic acid groups (broad SMARTS) is 1. The molecule has 110 valence electrons. The summed E-state index contributed by atoms with van der Waals surface area (Å²) in [6, 6.07) is 1.83. The van der Waals surface area contributed by atoms with Crippen molar-refractivity contribution in [1.29, 1.82) is 0 Å². The summed E-state index contributed by atoms with van der Waals surface area (Å²) in [6.45, 7) is 5.43. The molecule has 0 spiro atoms. The molecule has 6 nitrogen and oxygen atoms in total. The lowest BCUT2D eigenvalue weighted by Crippen LogP contribution is -2.57. The second-order valence-electron chi connectivity index (χ2n) is 5.17. The van der Waals surface area contributed by atoms with E-state index < -0.39 is 5.97 Å². The minimum absolute atomic E-state index is 0.138. The Hall–Kier alpha value is -1.60. The number of hydrogen-bond donors (Lipinski definition) is 2. The molecule has 2 unspecified atom stereocenters. The fourth-order valence-corrected chi connectivity index (χ4v) is 3.09. The van der Waals surface area contributed by atoms with Crippen molar-refractivity contribution < 1.29 is 14.7 Å². The Bertz CT molecular complexity index is 505. The number of thiophene rings is 1. The summed E-state index contributed by atoms with van der Waals surface area (Å²) in [7, 11) is 2.05. The number of likely N-dealkylation sites (N-methyl/N-ethyl adjacent to an activating group) is 1. The van der Waals surface area contributed by atoms with E-state index in [9.17, 15) is 9.59 Å². The molecule has 0 bridgehead atoms. The fraction of sp³-hybridized carbons (Fsp3) is 0.538. The summed E-state index contributed by atoms with van der Waals surface area (Å²) in [5, 5.41) is 13.8. The number of amides is 2. The third-order valence-electron chi connectivity index (χ3n) is 3.76. The van der Waals surface area contributed by atoms with Crippen molar-refractivity contribution in [2.45, 2.75) is 25.9 Å². The normalized spacial score (nSPS) is 23.6. The maximum Gasteiger partial charge on any atom is 0.338 e. The van der Waals surface area contributed by atoms with Crippen LogP contribution in [0.5, 0.6) is 0 Å². The molecule has 0 aromatic carbocycles. The molecule has 1 saturated heterocycles. The van der Waals surface area contributed by atoms with Crippen LogP contribution in [0.3, 0.4) is 0 Å². The molecule has 2 rings (SSSR count). The average Bonchev–Trinajstić information content (AvgIpc) is 2.83. The second-order valence-corrected chi connectivity index (χ2v) is 6.08. The van der Waals surface area contributed by atoms with Gasteiger partial charge in [-0.1, -0.05) is 0 Å². The van der Waals surface area contributed by atoms with Crippen LogP contribution in [0.25, 0.3) is 0 Å². The monoisotopic (exact) mass is 297 g/mol. The number of urea groups is 1. The molecule has 2 heterocycles. The Kier molecular flexibility index (Phi) is 4.29. The molecule has 2 amide bonds. The number of carbonyl (C=O) groups is 2. The van der Waals surface area contributed by atoms with Gasteiger partial charge in [-0.2, -0.15) is 0 Å². The Morgan fingerprint density at radius 3 is 2.50 bits per heavy atom. The molecule has 0 aliphatic carbocycles. The van der Waals surface area contributed by atoms with Crippen LogP contribution in [0.2, 0.25) is 0 Å². The molecule has 1 fully saturated rings. The fourth-order valence-electron chi connectivity index (χ4n) is 2.32. The van der Waals surface area contributed by atoms with Crippen molar-refractivity contribution in [3.8, 4) is 0 Å². The highest BCUT2D eigenvalue weighted by Crippen LogP contribution is 2.24. The van der Waals surface area contributed by atoms with Crippen LogP contribution < -0.4 is 5.32 Å². The van der Waals surface area contributed by atoms with Crippen LogP contribution in [-0.4, -0.2) is 59.1 Å². The molecule has 1 aromatic heterocycles. The van der Waals surface area contributed by atoms with Gasteiger partial charge in [0.2, 0.25) is 0 Å². The van der Waals surface area contributed by atoms with Gasteiger partial charge in [-0.05, 0) is 32.3 Å². The number of rotatable bonds is 2. The first-order valence-corrected chi connectivity index (χ1v) is 7.36. The predicted molar refractivity (Wildman–Crippen MR) is 78.6 cm³/mol. The van der Waals surface area contributed by atoms with E-state index in [1.807, 2.05) is 7.05 Å². The Labute approximate surface area is 122 Å². The van der Waals surface area contributed by atoms with Gasteiger partial charge in [0.15, 0.2) is 0 Å². The summed E-state index contributed by atoms with van der Waals surface area (Å²) in [6.07, 6.45) is 0. The van der Waals surface area contributed by atoms with Gasteiger partial charge >= 0.3 is 12.0 Å². The van der Waals surface area contributed by atoms with Gasteiger partial charge in [-0.25, -0.2) is 9.59 Å². The Morgan fingerprint density at radius 1 is 1.35 bits per heavy atom. The van der Waals surface area contributed by atoms with E-state index in [-0.39, 0.29) is 23.7 Å². The molecule has 2 atom stereocenters. The molecule has 2 N–H and O–H groups in total. The van der Waals surface area contributed by atoms with Crippen molar-refractivity contribution in [2.75, 3.05) is 25.5 Å². The number of anilines is 1. The summed E-state index contributed by atoms with van der Waals surface area (Å²) in [5.41, 5.74) is 0.138. The van der Waals surface area contributed by atoms with Crippen molar-refractivity contribution in [2.24, 2.45) is 0 Å². The standard InChI is InChI=1S/C13H19N3O3S/c1-8-6-16(7-9(2)15(8)3)13(19)14-11-10(12(17)18)4-5-20-11/h4-5,8-9H,6-7H2,1-3H3,(H,14,19)(H,17,18). The SMILES string of the molecule is CC1CN(C(=O)Nc2sccc2C(=O)O)CC(C)N1C. The van der Waals surface area contributed by atoms with Gasteiger partial charge in [0.05, 0.1) is 5.56 Å². The first-order valence-electron chi connectivity index (χ1n) is 6.48. The molecule has 1 aromatic rings. The number of nitrogens with zero attached hydrogens (tertiary/aromatic N) is 2. The predicted octanol–water partition coefficient (Wildman–Crippen LogP) is 2.00. The summed E-state index contributed by atoms with van der Waals surface area (Å²) < 4.78 is 0. The molecule has 0 radical (unpaired) electrons. The molecule has 20 heavy (non-hydrogen) atoms. The number of carboxylic acids is 1. The highest BCUT2D eigenvalue weighted by molar-refractivity contribution is 7.14. The number of piperazine rings is 1. The zero-order chi connectivity index (χ0) is 14.9. The minimum atomic E-state index is -1.03. The van der Waals surface area contributed by atoms with Gasteiger partial charge in [-0.15, -0.1) is 11.3 Å². The van der Waals surface area contributed by atoms with E-state index >= 15 is 0 Å². The zero-order valence-corrected chi connectivity index (χ0v) is 12.6. The Morgan fingerprint density at radius 2 is 1.95 bits per heavy atom. The Balaban J connectivity index is 2.05. The van der Waals surface area contributed by atoms with Gasteiger partial charge in [0, 0.05) is 25.2 Å². The van der Waals surface area contributed by atoms with E-state index in [1.165, 1.54) is 17.4 Å². The van der Waals surface area contributed by atoms with Crippen LogP contribution in [-0.2, 0) is 0 Å². The molecule has 0 saturated carbocycles. The van der Waals surface area contributed by atoms with Crippen molar-refractivity contribution in [3.63, 3.8) is 0 Å². The van der Waals surface area contributed by atoms with E-state index in [0.29, 0.717) is 18.1 Å². The molecular formula is C13H19N3O3S. The van der Waals surface area contributed by atoms with Crippen molar-refractivity contribution in [3.05, 3.63) is 17.0 Å². The first-order chi connectivity index (χ1) is 9.40. The third kappa shape index (κ3) is 2.94. The summed E-state index contributed by atoms with van der Waals surface area (Å²) in [5.74, 6) is -1.03. The van der Waals surface area contributed by atoms with Crippen LogP contribution in [0, 0.1) is 0 Å². The number of carbonyl (C=O) groups excluding carboxylic acids is 1. The molecule has 1 aliphatic heterocycles. The molecule has 1 aliphatic rings. The third-order valence-corrected chi connectivity index (χ3v) is 4.59. The number of hydrogen-bond acceptors (Lipinski definition) is 4. The van der Waals surface area contributed by atoms with Crippen LogP contribution >= 0.6 is 11.3 Å². The zero-order valence-electron chi connectivity index (χ0n) is 11.8. The number of aromatic carboxylic acids is 1. The van der Waals surface area contributed by atoms with Crippen molar-refractivity contribution >= 4 is 28.3 Å². The molecule has 7 heteroatoms.